The molecule has 0 aromatic carbocycles. The molecule has 0 aliphatic rings. The maximum atomic E-state index is 11.8. The van der Waals surface area contributed by atoms with Gasteiger partial charge >= 0.3 is 11.9 Å². The number of allylic oxidation sites excluding steroid dienone is 22. The van der Waals surface area contributed by atoms with Crippen molar-refractivity contribution in [2.75, 3.05) is 0 Å². The van der Waals surface area contributed by atoms with Gasteiger partial charge < -0.3 is 4.74 Å². The molecule has 244 valence electrons. The first kappa shape index (κ1) is 41.0. The van der Waals surface area contributed by atoms with Crippen LogP contribution >= 0.6 is 0 Å². The highest BCUT2D eigenvalue weighted by atomic mass is 16.6. The Balaban J connectivity index is 3.78. The first-order valence-corrected chi connectivity index (χ1v) is 16.7. The molecule has 0 bridgehead atoms. The average Bonchev–Trinajstić information content (AvgIpc) is 3.03. The van der Waals surface area contributed by atoms with Crippen molar-refractivity contribution in [1.82, 2.24) is 0 Å². The van der Waals surface area contributed by atoms with Gasteiger partial charge in [-0.25, -0.2) is 0 Å². The molecular formula is C42H58O3. The van der Waals surface area contributed by atoms with Gasteiger partial charge in [-0.1, -0.05) is 160 Å². The summed E-state index contributed by atoms with van der Waals surface area (Å²) in [4.78, 5) is 23.7. The van der Waals surface area contributed by atoms with Crippen molar-refractivity contribution in [2.24, 2.45) is 0 Å². The zero-order valence-corrected chi connectivity index (χ0v) is 28.0. The molecule has 0 unspecified atom stereocenters. The molecule has 0 atom stereocenters. The summed E-state index contributed by atoms with van der Waals surface area (Å²) in [7, 11) is 0. The molecular weight excluding hydrogens is 552 g/mol. The summed E-state index contributed by atoms with van der Waals surface area (Å²) in [5.74, 6) is -1.04. The Morgan fingerprint density at radius 2 is 0.489 bits per heavy atom. The predicted molar refractivity (Wildman–Crippen MR) is 197 cm³/mol. The third kappa shape index (κ3) is 36.1. The van der Waals surface area contributed by atoms with Crippen molar-refractivity contribution >= 4 is 11.9 Å². The van der Waals surface area contributed by atoms with Gasteiger partial charge in [-0.2, -0.15) is 0 Å². The Kier molecular flexibility index (Phi) is 33.0. The van der Waals surface area contributed by atoms with Gasteiger partial charge in [0, 0.05) is 0 Å². The highest BCUT2D eigenvalue weighted by molar-refractivity contribution is 5.86. The minimum Gasteiger partial charge on any atom is -0.393 e. The van der Waals surface area contributed by atoms with E-state index in [-0.39, 0.29) is 12.8 Å². The lowest BCUT2D eigenvalue weighted by atomic mass is 10.2. The van der Waals surface area contributed by atoms with E-state index in [9.17, 15) is 9.59 Å². The minimum absolute atomic E-state index is 0.0974. The number of hydrogen-bond donors (Lipinski definition) is 0. The number of esters is 2. The highest BCUT2D eigenvalue weighted by Gasteiger charge is 2.06. The van der Waals surface area contributed by atoms with Crippen LogP contribution in [0.4, 0.5) is 0 Å². The van der Waals surface area contributed by atoms with E-state index in [0.717, 1.165) is 77.0 Å². The van der Waals surface area contributed by atoms with Crippen LogP contribution < -0.4 is 0 Å². The topological polar surface area (TPSA) is 43.4 Å². The standard InChI is InChI=1S/C42H58O3/c1-3-5-7-9-11-13-15-17-19-21-23-25-27-29-31-33-35-37-39-41(43)45-42(44)40-38-36-34-32-30-28-26-24-22-20-18-16-14-12-10-8-6-4-2/h5-8,11-14,17-20,23-26,29-32,35-38H,3-4,9-10,15-16,21-22,27-28,33-34,39-40H2,1-2H3/b7-5+,8-6+,13-11+,14-12+,19-17+,20-18+,25-23+,26-24+,31-29+,32-30+,37-35+,38-36+. The summed E-state index contributed by atoms with van der Waals surface area (Å²) < 4.78 is 4.86. The van der Waals surface area contributed by atoms with Crippen LogP contribution in [-0.2, 0) is 14.3 Å². The fraction of sp³-hybridized carbons (Fsp3) is 0.381. The summed E-state index contributed by atoms with van der Waals surface area (Å²) in [5.41, 5.74) is 0. The third-order valence-electron chi connectivity index (χ3n) is 5.99. The van der Waals surface area contributed by atoms with Crippen LogP contribution in [0.2, 0.25) is 0 Å². The third-order valence-corrected chi connectivity index (χ3v) is 5.99. The van der Waals surface area contributed by atoms with Gasteiger partial charge in [0.2, 0.25) is 0 Å². The lowest BCUT2D eigenvalue weighted by Crippen LogP contribution is -2.10. The van der Waals surface area contributed by atoms with E-state index in [0.29, 0.717) is 0 Å². The first-order valence-electron chi connectivity index (χ1n) is 16.7. The van der Waals surface area contributed by atoms with Gasteiger partial charge in [0.1, 0.15) is 0 Å². The zero-order chi connectivity index (χ0) is 32.7. The second kappa shape index (κ2) is 36.2. The number of carbonyl (C=O) groups excluding carboxylic acids is 2. The molecule has 0 aromatic rings. The highest BCUT2D eigenvalue weighted by Crippen LogP contribution is 2.00. The summed E-state index contributed by atoms with van der Waals surface area (Å²) >= 11 is 0. The lowest BCUT2D eigenvalue weighted by Gasteiger charge is -1.98. The Morgan fingerprint density at radius 1 is 0.311 bits per heavy atom. The lowest BCUT2D eigenvalue weighted by molar-refractivity contribution is -0.158. The van der Waals surface area contributed by atoms with Crippen LogP contribution in [0.1, 0.15) is 104 Å². The van der Waals surface area contributed by atoms with Gasteiger partial charge in [-0.15, -0.1) is 0 Å². The van der Waals surface area contributed by atoms with Gasteiger partial charge in [-0.05, 0) is 77.0 Å². The average molecular weight is 611 g/mol. The van der Waals surface area contributed by atoms with Crippen molar-refractivity contribution in [1.29, 1.82) is 0 Å². The summed E-state index contributed by atoms with van der Waals surface area (Å²) in [5, 5.41) is 0. The molecule has 0 spiro atoms. The van der Waals surface area contributed by atoms with E-state index in [1.54, 1.807) is 12.2 Å². The van der Waals surface area contributed by atoms with E-state index >= 15 is 0 Å². The molecule has 3 heteroatoms. The molecule has 0 heterocycles. The van der Waals surface area contributed by atoms with E-state index in [4.69, 9.17) is 4.74 Å². The van der Waals surface area contributed by atoms with Gasteiger partial charge in [0.25, 0.3) is 0 Å². The van der Waals surface area contributed by atoms with E-state index in [2.05, 4.69) is 135 Å². The Labute approximate surface area is 275 Å². The van der Waals surface area contributed by atoms with Crippen LogP contribution in [-0.4, -0.2) is 11.9 Å². The first-order chi connectivity index (χ1) is 22.2. The molecule has 45 heavy (non-hydrogen) atoms. The van der Waals surface area contributed by atoms with Crippen LogP contribution in [0.25, 0.3) is 0 Å². The number of ether oxygens (including phenoxy) is 1. The smallest absolute Gasteiger partial charge is 0.317 e. The molecule has 0 rings (SSSR count). The Morgan fingerprint density at radius 3 is 0.689 bits per heavy atom. The second-order valence-electron chi connectivity index (χ2n) is 10.1. The quantitative estimate of drug-likeness (QED) is 0.0556. The van der Waals surface area contributed by atoms with Gasteiger partial charge in [0.15, 0.2) is 0 Å². The maximum absolute atomic E-state index is 11.8. The molecule has 0 aliphatic heterocycles. The minimum atomic E-state index is -0.522. The van der Waals surface area contributed by atoms with Crippen LogP contribution in [0.15, 0.2) is 146 Å². The van der Waals surface area contributed by atoms with Crippen molar-refractivity contribution in [3.05, 3.63) is 146 Å². The largest absolute Gasteiger partial charge is 0.393 e. The SMILES string of the molecule is CC/C=C/C/C=C/C/C=C/C/C=C/C/C=C/C/C=C/CC(=O)OC(=O)C/C=C/C/C=C/C/C=C/C/C=C/C/C=C/C/C=C/CC. The van der Waals surface area contributed by atoms with Crippen molar-refractivity contribution in [2.45, 2.75) is 104 Å². The fourth-order valence-corrected chi connectivity index (χ4v) is 3.61. The molecule has 0 aliphatic carbocycles. The van der Waals surface area contributed by atoms with E-state index in [1.165, 1.54) is 0 Å². The molecule has 0 N–H and O–H groups in total. The van der Waals surface area contributed by atoms with Gasteiger partial charge in [-0.3, -0.25) is 9.59 Å². The van der Waals surface area contributed by atoms with Crippen LogP contribution in [0, 0.1) is 0 Å². The maximum Gasteiger partial charge on any atom is 0.317 e. The summed E-state index contributed by atoms with van der Waals surface area (Å²) in [6.07, 6.45) is 62.1. The van der Waals surface area contributed by atoms with Crippen LogP contribution in [0.5, 0.6) is 0 Å². The normalized spacial score (nSPS) is 13.5. The van der Waals surface area contributed by atoms with E-state index < -0.39 is 11.9 Å². The molecule has 3 nitrogen and oxygen atoms in total. The number of hydrogen-bond acceptors (Lipinski definition) is 3. The molecule has 0 amide bonds. The fourth-order valence-electron chi connectivity index (χ4n) is 3.61. The number of rotatable bonds is 26. The molecule has 0 fully saturated rings. The molecule has 0 saturated heterocycles. The van der Waals surface area contributed by atoms with E-state index in [1.807, 2.05) is 12.2 Å². The predicted octanol–water partition coefficient (Wildman–Crippen LogP) is 12.2. The second-order valence-corrected chi connectivity index (χ2v) is 10.1. The Hall–Kier alpha value is -3.98. The Bertz CT molecular complexity index is 995. The van der Waals surface area contributed by atoms with Crippen molar-refractivity contribution < 1.29 is 14.3 Å². The summed E-state index contributed by atoms with van der Waals surface area (Å²) in [6, 6.07) is 0. The summed E-state index contributed by atoms with van der Waals surface area (Å²) in [6.45, 7) is 4.29. The molecule has 0 radical (unpaired) electrons. The number of carbonyl (C=O) groups is 2. The molecule has 0 saturated carbocycles. The van der Waals surface area contributed by atoms with Crippen molar-refractivity contribution in [3.8, 4) is 0 Å². The van der Waals surface area contributed by atoms with Gasteiger partial charge in [0.05, 0.1) is 12.8 Å². The molecule has 0 aromatic heterocycles. The monoisotopic (exact) mass is 610 g/mol. The zero-order valence-electron chi connectivity index (χ0n) is 28.0. The van der Waals surface area contributed by atoms with Crippen molar-refractivity contribution in [3.63, 3.8) is 0 Å². The van der Waals surface area contributed by atoms with Crippen LogP contribution in [0.3, 0.4) is 0 Å².